The highest BCUT2D eigenvalue weighted by atomic mass is 14.0. The number of rotatable bonds is 2. The van der Waals surface area contributed by atoms with Crippen molar-refractivity contribution in [1.82, 2.24) is 0 Å². The minimum atomic E-state index is 0. The van der Waals surface area contributed by atoms with Gasteiger partial charge in [0.05, 0.1) is 0 Å². The number of hydrogen-bond donors (Lipinski definition) is 0. The van der Waals surface area contributed by atoms with Gasteiger partial charge in [-0.15, -0.1) is 0 Å². The van der Waals surface area contributed by atoms with Crippen molar-refractivity contribution in [1.29, 1.82) is 0 Å². The highest BCUT2D eigenvalue weighted by Crippen LogP contribution is 2.05. The van der Waals surface area contributed by atoms with Gasteiger partial charge in [-0.3, -0.25) is 0 Å². The Kier molecular flexibility index (Phi) is 29.1. The second-order valence-electron chi connectivity index (χ2n) is 4.18. The van der Waals surface area contributed by atoms with Crippen LogP contribution in [0.15, 0.2) is 54.6 Å². The van der Waals surface area contributed by atoms with E-state index in [9.17, 15) is 0 Å². The summed E-state index contributed by atoms with van der Waals surface area (Å²) < 4.78 is 0. The van der Waals surface area contributed by atoms with Crippen LogP contribution in [0.5, 0.6) is 0 Å². The van der Waals surface area contributed by atoms with E-state index < -0.39 is 0 Å². The standard InChI is InChI=1S/C10H14.C7H8.2C2H6.2CH4/c1-3-9-6-5-7-10(4-2)8-9;1-7-5-3-2-4-6-7;2*1-2;;/h5-8H,3-4H2,1-2H3;2-6H,1H3;2*1-2H3;2*1H4. The largest absolute Gasteiger partial charge is 0.0776 e. The van der Waals surface area contributed by atoms with Crippen LogP contribution in [-0.4, -0.2) is 0 Å². The van der Waals surface area contributed by atoms with Crippen molar-refractivity contribution in [2.75, 3.05) is 0 Å². The molecule has 0 spiro atoms. The summed E-state index contributed by atoms with van der Waals surface area (Å²) in [7, 11) is 0. The molecule has 0 bridgehead atoms. The van der Waals surface area contributed by atoms with E-state index in [1.807, 2.05) is 45.9 Å². The van der Waals surface area contributed by atoms with Gasteiger partial charge in [-0.25, -0.2) is 0 Å². The summed E-state index contributed by atoms with van der Waals surface area (Å²) in [5.74, 6) is 0. The summed E-state index contributed by atoms with van der Waals surface area (Å²) >= 11 is 0. The smallest absolute Gasteiger partial charge is 0.0307 e. The van der Waals surface area contributed by atoms with Crippen molar-refractivity contribution in [3.63, 3.8) is 0 Å². The van der Waals surface area contributed by atoms with Crippen LogP contribution in [0.4, 0.5) is 0 Å². The van der Waals surface area contributed by atoms with Crippen molar-refractivity contribution in [2.45, 2.75) is 76.2 Å². The van der Waals surface area contributed by atoms with E-state index in [1.54, 1.807) is 0 Å². The molecule has 0 saturated heterocycles. The fourth-order valence-electron chi connectivity index (χ4n) is 1.60. The lowest BCUT2D eigenvalue weighted by atomic mass is 10.1. The molecule has 0 unspecified atom stereocenters. The lowest BCUT2D eigenvalue weighted by Crippen LogP contribution is -1.83. The van der Waals surface area contributed by atoms with Crippen LogP contribution in [-0.2, 0) is 12.8 Å². The summed E-state index contributed by atoms with van der Waals surface area (Å²) in [4.78, 5) is 0. The highest BCUT2D eigenvalue weighted by molar-refractivity contribution is 5.23. The van der Waals surface area contributed by atoms with Gasteiger partial charge >= 0.3 is 0 Å². The first-order valence-corrected chi connectivity index (χ1v) is 8.35. The van der Waals surface area contributed by atoms with Gasteiger partial charge < -0.3 is 0 Å². The Bertz CT molecular complexity index is 396. The zero-order valence-electron chi connectivity index (χ0n) is 15.1. The summed E-state index contributed by atoms with van der Waals surface area (Å²) in [6.07, 6.45) is 2.29. The summed E-state index contributed by atoms with van der Waals surface area (Å²) in [5, 5.41) is 0. The maximum atomic E-state index is 2.28. The third-order valence-corrected chi connectivity index (χ3v) is 2.75. The zero-order valence-corrected chi connectivity index (χ0v) is 15.1. The van der Waals surface area contributed by atoms with Gasteiger partial charge in [0.25, 0.3) is 0 Å². The summed E-state index contributed by atoms with van der Waals surface area (Å²) in [6.45, 7) is 14.5. The van der Waals surface area contributed by atoms with Crippen LogP contribution in [0.3, 0.4) is 0 Å². The van der Waals surface area contributed by atoms with Gasteiger partial charge in [0.1, 0.15) is 0 Å². The van der Waals surface area contributed by atoms with Crippen LogP contribution in [0, 0.1) is 6.92 Å². The Balaban J connectivity index is -0.000000124. The molecule has 23 heavy (non-hydrogen) atoms. The summed E-state index contributed by atoms with van der Waals surface area (Å²) in [5.41, 5.74) is 4.21. The fraction of sp³-hybridized carbons (Fsp3) is 0.478. The van der Waals surface area contributed by atoms with E-state index in [0.717, 1.165) is 12.8 Å². The molecule has 2 aromatic rings. The lowest BCUT2D eigenvalue weighted by molar-refractivity contribution is 1.09. The number of benzene rings is 2. The molecule has 0 amide bonds. The first-order valence-electron chi connectivity index (χ1n) is 8.35. The monoisotopic (exact) mass is 318 g/mol. The quantitative estimate of drug-likeness (QED) is 0.524. The van der Waals surface area contributed by atoms with Gasteiger partial charge in [0.15, 0.2) is 0 Å². The van der Waals surface area contributed by atoms with Crippen LogP contribution in [0.25, 0.3) is 0 Å². The van der Waals surface area contributed by atoms with Crippen molar-refractivity contribution in [2.24, 2.45) is 0 Å². The maximum Gasteiger partial charge on any atom is -0.0307 e. The van der Waals surface area contributed by atoms with E-state index in [0.29, 0.717) is 0 Å². The molecule has 0 aliphatic heterocycles. The average molecular weight is 319 g/mol. The molecule has 0 heteroatoms. The Labute approximate surface area is 148 Å². The Morgan fingerprint density at radius 3 is 1.26 bits per heavy atom. The van der Waals surface area contributed by atoms with E-state index in [2.05, 4.69) is 57.2 Å². The predicted octanol–water partition coefficient (Wildman–Crippen LogP) is 8.13. The molecule has 0 radical (unpaired) electrons. The first kappa shape index (κ1) is 29.5. The SMILES string of the molecule is C.C.CC.CC.CCc1cccc(CC)c1.Cc1ccccc1. The van der Waals surface area contributed by atoms with Gasteiger partial charge in [-0.1, -0.05) is 117 Å². The lowest BCUT2D eigenvalue weighted by Gasteiger charge is -1.98. The molecular weight excluding hydrogens is 276 g/mol. The van der Waals surface area contributed by atoms with Gasteiger partial charge in [-0.05, 0) is 30.9 Å². The Hall–Kier alpha value is -1.56. The molecule has 0 heterocycles. The molecule has 0 saturated carbocycles. The maximum absolute atomic E-state index is 2.28. The predicted molar refractivity (Wildman–Crippen MR) is 113 cm³/mol. The minimum absolute atomic E-state index is 0. The summed E-state index contributed by atoms with van der Waals surface area (Å²) in [6, 6.07) is 19.0. The molecule has 2 rings (SSSR count). The second kappa shape index (κ2) is 22.7. The van der Waals surface area contributed by atoms with Gasteiger partial charge in [0, 0.05) is 0 Å². The normalized spacial score (nSPS) is 7.43. The van der Waals surface area contributed by atoms with Gasteiger partial charge in [0.2, 0.25) is 0 Å². The van der Waals surface area contributed by atoms with Crippen LogP contribution in [0.2, 0.25) is 0 Å². The zero-order chi connectivity index (χ0) is 16.5. The first-order chi connectivity index (χ1) is 10.3. The molecule has 0 aliphatic rings. The van der Waals surface area contributed by atoms with Crippen molar-refractivity contribution in [3.05, 3.63) is 71.3 Å². The average Bonchev–Trinajstić information content (AvgIpc) is 2.60. The van der Waals surface area contributed by atoms with E-state index >= 15 is 0 Å². The fourth-order valence-corrected chi connectivity index (χ4v) is 1.60. The van der Waals surface area contributed by atoms with Crippen molar-refractivity contribution >= 4 is 0 Å². The molecule has 0 atom stereocenters. The molecule has 0 nitrogen and oxygen atoms in total. The number of aryl methyl sites for hydroxylation is 3. The molecule has 2 aromatic carbocycles. The third-order valence-electron chi connectivity index (χ3n) is 2.75. The van der Waals surface area contributed by atoms with Crippen LogP contribution < -0.4 is 0 Å². The second-order valence-corrected chi connectivity index (χ2v) is 4.18. The molecule has 0 aromatic heterocycles. The Morgan fingerprint density at radius 2 is 1.00 bits per heavy atom. The minimum Gasteiger partial charge on any atom is -0.0776 e. The van der Waals surface area contributed by atoms with Crippen molar-refractivity contribution < 1.29 is 0 Å². The van der Waals surface area contributed by atoms with Gasteiger partial charge in [-0.2, -0.15) is 0 Å². The Morgan fingerprint density at radius 1 is 0.609 bits per heavy atom. The molecule has 134 valence electrons. The number of hydrogen-bond acceptors (Lipinski definition) is 0. The molecule has 0 N–H and O–H groups in total. The third kappa shape index (κ3) is 16.6. The van der Waals surface area contributed by atoms with Crippen molar-refractivity contribution in [3.8, 4) is 0 Å². The highest BCUT2D eigenvalue weighted by Gasteiger charge is 1.89. The molecule has 0 aliphatic carbocycles. The molecular formula is C23H42. The van der Waals surface area contributed by atoms with E-state index in [1.165, 1.54) is 16.7 Å². The van der Waals surface area contributed by atoms with Crippen LogP contribution in [0.1, 0.15) is 73.1 Å². The van der Waals surface area contributed by atoms with E-state index in [4.69, 9.17) is 0 Å². The topological polar surface area (TPSA) is 0 Å². The van der Waals surface area contributed by atoms with E-state index in [-0.39, 0.29) is 14.9 Å². The van der Waals surface area contributed by atoms with Crippen LogP contribution >= 0.6 is 0 Å². The molecule has 0 fully saturated rings.